The molecular formula is C17H21N3O3. The first-order chi connectivity index (χ1) is 11.1. The fourth-order valence-electron chi connectivity index (χ4n) is 2.87. The van der Waals surface area contributed by atoms with Crippen LogP contribution in [-0.4, -0.2) is 35.3 Å². The van der Waals surface area contributed by atoms with Crippen molar-refractivity contribution in [2.75, 3.05) is 18.1 Å². The van der Waals surface area contributed by atoms with Gasteiger partial charge in [0, 0.05) is 30.3 Å². The number of amides is 1. The van der Waals surface area contributed by atoms with Crippen LogP contribution in [0.2, 0.25) is 0 Å². The first-order valence-electron chi connectivity index (χ1n) is 7.89. The molecule has 0 unspecified atom stereocenters. The van der Waals surface area contributed by atoms with Crippen molar-refractivity contribution >= 4 is 11.6 Å². The molecule has 0 radical (unpaired) electrons. The van der Waals surface area contributed by atoms with Gasteiger partial charge >= 0.3 is 0 Å². The normalized spacial score (nSPS) is 17.4. The molecule has 0 aliphatic carbocycles. The molecule has 122 valence electrons. The Balaban J connectivity index is 1.80. The molecule has 3 rings (SSSR count). The number of aryl methyl sites for hydroxylation is 2. The molecule has 1 saturated heterocycles. The first kappa shape index (κ1) is 15.7. The number of anilines is 1. The number of rotatable bonds is 5. The summed E-state index contributed by atoms with van der Waals surface area (Å²) in [4.78, 5) is 18.7. The third-order valence-electron chi connectivity index (χ3n) is 4.19. The van der Waals surface area contributed by atoms with E-state index < -0.39 is 0 Å². The van der Waals surface area contributed by atoms with Gasteiger partial charge in [-0.1, -0.05) is 5.16 Å². The molecule has 0 N–H and O–H groups in total. The molecule has 1 fully saturated rings. The maximum atomic E-state index is 12.9. The zero-order valence-electron chi connectivity index (χ0n) is 13.5. The van der Waals surface area contributed by atoms with Crippen molar-refractivity contribution in [2.45, 2.75) is 39.2 Å². The SMILES string of the molecule is Cc1noc(C)c1CC(=O)N(C[C@H]1CCCO1)c1ccncc1. The average molecular weight is 315 g/mol. The highest BCUT2D eigenvalue weighted by Gasteiger charge is 2.25. The fraction of sp³-hybridized carbons (Fsp3) is 0.471. The van der Waals surface area contributed by atoms with Crippen LogP contribution in [0.4, 0.5) is 5.69 Å². The second kappa shape index (κ2) is 6.91. The number of carbonyl (C=O) groups excluding carboxylic acids is 1. The monoisotopic (exact) mass is 315 g/mol. The lowest BCUT2D eigenvalue weighted by Crippen LogP contribution is -2.38. The molecular weight excluding hydrogens is 294 g/mol. The summed E-state index contributed by atoms with van der Waals surface area (Å²) in [6, 6.07) is 3.69. The number of pyridine rings is 1. The van der Waals surface area contributed by atoms with Crippen LogP contribution in [0.15, 0.2) is 29.0 Å². The lowest BCUT2D eigenvalue weighted by molar-refractivity contribution is -0.118. The van der Waals surface area contributed by atoms with E-state index in [1.54, 1.807) is 17.3 Å². The van der Waals surface area contributed by atoms with E-state index in [1.165, 1.54) is 0 Å². The zero-order valence-corrected chi connectivity index (χ0v) is 13.5. The lowest BCUT2D eigenvalue weighted by Gasteiger charge is -2.25. The van der Waals surface area contributed by atoms with Crippen molar-refractivity contribution in [3.63, 3.8) is 0 Å². The number of carbonyl (C=O) groups is 1. The molecule has 0 saturated carbocycles. The van der Waals surface area contributed by atoms with Crippen molar-refractivity contribution in [1.82, 2.24) is 10.1 Å². The standard InChI is InChI=1S/C17H21N3O3/c1-12-16(13(2)23-19-12)10-17(21)20(11-15-4-3-9-22-15)14-5-7-18-8-6-14/h5-8,15H,3-4,9-11H2,1-2H3/t15-/m1/s1. The summed E-state index contributed by atoms with van der Waals surface area (Å²) in [7, 11) is 0. The Morgan fingerprint density at radius 2 is 2.13 bits per heavy atom. The third-order valence-corrected chi connectivity index (χ3v) is 4.19. The highest BCUT2D eigenvalue weighted by atomic mass is 16.5. The van der Waals surface area contributed by atoms with Crippen LogP contribution in [0, 0.1) is 13.8 Å². The number of aromatic nitrogens is 2. The van der Waals surface area contributed by atoms with Gasteiger partial charge in [0.25, 0.3) is 0 Å². The van der Waals surface area contributed by atoms with Gasteiger partial charge in [-0.2, -0.15) is 0 Å². The van der Waals surface area contributed by atoms with E-state index in [-0.39, 0.29) is 18.4 Å². The van der Waals surface area contributed by atoms with E-state index in [9.17, 15) is 4.79 Å². The average Bonchev–Trinajstić information content (AvgIpc) is 3.18. The summed E-state index contributed by atoms with van der Waals surface area (Å²) in [5.41, 5.74) is 2.47. The van der Waals surface area contributed by atoms with Gasteiger partial charge in [-0.15, -0.1) is 0 Å². The summed E-state index contributed by atoms with van der Waals surface area (Å²) in [5.74, 6) is 0.712. The van der Waals surface area contributed by atoms with E-state index in [0.717, 1.165) is 36.4 Å². The van der Waals surface area contributed by atoms with Gasteiger partial charge in [0.2, 0.25) is 5.91 Å². The molecule has 1 amide bonds. The predicted octanol–water partition coefficient (Wildman–Crippen LogP) is 2.44. The Morgan fingerprint density at radius 3 is 2.74 bits per heavy atom. The van der Waals surface area contributed by atoms with Gasteiger partial charge in [-0.05, 0) is 38.8 Å². The fourth-order valence-corrected chi connectivity index (χ4v) is 2.87. The lowest BCUT2D eigenvalue weighted by atomic mass is 10.1. The van der Waals surface area contributed by atoms with Gasteiger partial charge < -0.3 is 14.2 Å². The molecule has 2 aromatic heterocycles. The van der Waals surface area contributed by atoms with Gasteiger partial charge in [0.05, 0.1) is 24.8 Å². The summed E-state index contributed by atoms with van der Waals surface area (Å²) in [6.45, 7) is 5.02. The van der Waals surface area contributed by atoms with Crippen molar-refractivity contribution in [1.29, 1.82) is 0 Å². The Kier molecular flexibility index (Phi) is 4.71. The molecule has 6 nitrogen and oxygen atoms in total. The van der Waals surface area contributed by atoms with E-state index in [2.05, 4.69) is 10.1 Å². The van der Waals surface area contributed by atoms with E-state index in [4.69, 9.17) is 9.26 Å². The summed E-state index contributed by atoms with van der Waals surface area (Å²) >= 11 is 0. The second-order valence-corrected chi connectivity index (χ2v) is 5.82. The Hall–Kier alpha value is -2.21. The van der Waals surface area contributed by atoms with Gasteiger partial charge in [0.1, 0.15) is 5.76 Å². The zero-order chi connectivity index (χ0) is 16.2. The largest absolute Gasteiger partial charge is 0.376 e. The molecule has 1 atom stereocenters. The van der Waals surface area contributed by atoms with Crippen LogP contribution in [-0.2, 0) is 16.0 Å². The van der Waals surface area contributed by atoms with Crippen LogP contribution in [0.5, 0.6) is 0 Å². The molecule has 0 spiro atoms. The van der Waals surface area contributed by atoms with E-state index >= 15 is 0 Å². The third kappa shape index (κ3) is 3.59. The second-order valence-electron chi connectivity index (χ2n) is 5.82. The van der Waals surface area contributed by atoms with Crippen LogP contribution in [0.25, 0.3) is 0 Å². The number of ether oxygens (including phenoxy) is 1. The number of hydrogen-bond donors (Lipinski definition) is 0. The van der Waals surface area contributed by atoms with Gasteiger partial charge in [0.15, 0.2) is 0 Å². The Bertz CT molecular complexity index is 643. The molecule has 0 bridgehead atoms. The molecule has 3 heterocycles. The smallest absolute Gasteiger partial charge is 0.231 e. The topological polar surface area (TPSA) is 68.5 Å². The van der Waals surface area contributed by atoms with Gasteiger partial charge in [-0.25, -0.2) is 0 Å². The highest BCUT2D eigenvalue weighted by molar-refractivity contribution is 5.95. The summed E-state index contributed by atoms with van der Waals surface area (Å²) in [5, 5.41) is 3.92. The highest BCUT2D eigenvalue weighted by Crippen LogP contribution is 2.21. The van der Waals surface area contributed by atoms with Crippen molar-refractivity contribution in [3.05, 3.63) is 41.5 Å². The first-order valence-corrected chi connectivity index (χ1v) is 7.89. The maximum Gasteiger partial charge on any atom is 0.231 e. The Labute approximate surface area is 135 Å². The van der Waals surface area contributed by atoms with Crippen LogP contribution >= 0.6 is 0 Å². The minimum Gasteiger partial charge on any atom is -0.376 e. The number of nitrogens with zero attached hydrogens (tertiary/aromatic N) is 3. The number of hydrogen-bond acceptors (Lipinski definition) is 5. The molecule has 6 heteroatoms. The quantitative estimate of drug-likeness (QED) is 0.847. The molecule has 23 heavy (non-hydrogen) atoms. The summed E-state index contributed by atoms with van der Waals surface area (Å²) in [6.07, 6.45) is 5.79. The van der Waals surface area contributed by atoms with Crippen molar-refractivity contribution in [3.8, 4) is 0 Å². The van der Waals surface area contributed by atoms with Crippen LogP contribution < -0.4 is 4.90 Å². The molecule has 0 aromatic carbocycles. The molecule has 2 aromatic rings. The van der Waals surface area contributed by atoms with Gasteiger partial charge in [-0.3, -0.25) is 9.78 Å². The van der Waals surface area contributed by atoms with Crippen LogP contribution in [0.3, 0.4) is 0 Å². The Morgan fingerprint density at radius 1 is 1.35 bits per heavy atom. The predicted molar refractivity (Wildman–Crippen MR) is 85.2 cm³/mol. The summed E-state index contributed by atoms with van der Waals surface area (Å²) < 4.78 is 10.9. The minimum atomic E-state index is 0.0149. The van der Waals surface area contributed by atoms with E-state index in [1.807, 2.05) is 26.0 Å². The molecule has 1 aliphatic heterocycles. The van der Waals surface area contributed by atoms with Crippen molar-refractivity contribution < 1.29 is 14.1 Å². The minimum absolute atomic E-state index is 0.0149. The van der Waals surface area contributed by atoms with Crippen LogP contribution in [0.1, 0.15) is 29.9 Å². The molecule has 1 aliphatic rings. The maximum absolute atomic E-state index is 12.9. The van der Waals surface area contributed by atoms with Crippen molar-refractivity contribution in [2.24, 2.45) is 0 Å². The van der Waals surface area contributed by atoms with E-state index in [0.29, 0.717) is 12.3 Å².